The maximum absolute atomic E-state index is 11.3. The van der Waals surface area contributed by atoms with Crippen LogP contribution in [0.3, 0.4) is 0 Å². The number of fused-ring (bicyclic) bond motifs is 1. The Kier molecular flexibility index (Phi) is 2.33. The van der Waals surface area contributed by atoms with E-state index in [9.17, 15) is 4.79 Å². The third kappa shape index (κ3) is 1.64. The second-order valence-electron chi connectivity index (χ2n) is 4.46. The Bertz CT molecular complexity index is 630. The van der Waals surface area contributed by atoms with Crippen molar-refractivity contribution in [2.24, 2.45) is 0 Å². The molecule has 1 aromatic heterocycles. The molecule has 0 fully saturated rings. The molecule has 1 amide bonds. The lowest BCUT2D eigenvalue weighted by Gasteiger charge is -2.19. The Morgan fingerprint density at radius 3 is 2.94 bits per heavy atom. The average Bonchev–Trinajstić information content (AvgIpc) is 2.74. The van der Waals surface area contributed by atoms with Crippen molar-refractivity contribution < 1.29 is 4.79 Å². The predicted octanol–water partition coefficient (Wildman–Crippen LogP) is 1.65. The second kappa shape index (κ2) is 3.87. The molecule has 1 aliphatic rings. The molecule has 92 valence electrons. The molecule has 1 aromatic carbocycles. The van der Waals surface area contributed by atoms with Crippen molar-refractivity contribution in [1.82, 2.24) is 9.55 Å². The zero-order valence-electron chi connectivity index (χ0n) is 10.1. The first-order valence-corrected chi connectivity index (χ1v) is 5.88. The maximum atomic E-state index is 11.3. The number of amides is 1. The minimum Gasteiger partial charge on any atom is -0.397 e. The van der Waals surface area contributed by atoms with Crippen LogP contribution in [0.15, 0.2) is 24.5 Å². The summed E-state index contributed by atoms with van der Waals surface area (Å²) >= 11 is 0. The summed E-state index contributed by atoms with van der Waals surface area (Å²) in [6.45, 7) is 1.93. The van der Waals surface area contributed by atoms with Gasteiger partial charge in [-0.05, 0) is 31.0 Å². The highest BCUT2D eigenvalue weighted by Gasteiger charge is 2.17. The summed E-state index contributed by atoms with van der Waals surface area (Å²) < 4.78 is 1.95. The molecular weight excluding hydrogens is 228 g/mol. The van der Waals surface area contributed by atoms with Gasteiger partial charge in [-0.2, -0.15) is 0 Å². The number of carbonyl (C=O) groups excluding carboxylic acids is 1. The Balaban J connectivity index is 2.13. The van der Waals surface area contributed by atoms with E-state index in [0.29, 0.717) is 12.1 Å². The number of nitrogens with zero attached hydrogens (tertiary/aromatic N) is 2. The van der Waals surface area contributed by atoms with Crippen LogP contribution < -0.4 is 11.1 Å². The lowest BCUT2D eigenvalue weighted by molar-refractivity contribution is -0.116. The van der Waals surface area contributed by atoms with Gasteiger partial charge in [0, 0.05) is 24.5 Å². The van der Waals surface area contributed by atoms with Crippen LogP contribution in [0.1, 0.15) is 17.8 Å². The van der Waals surface area contributed by atoms with Gasteiger partial charge in [-0.3, -0.25) is 4.79 Å². The predicted molar refractivity (Wildman–Crippen MR) is 69.7 cm³/mol. The van der Waals surface area contributed by atoms with Gasteiger partial charge in [-0.1, -0.05) is 0 Å². The smallest absolute Gasteiger partial charge is 0.224 e. The summed E-state index contributed by atoms with van der Waals surface area (Å²) in [4.78, 5) is 15.5. The van der Waals surface area contributed by atoms with E-state index in [0.717, 1.165) is 29.2 Å². The van der Waals surface area contributed by atoms with Crippen molar-refractivity contribution >= 4 is 17.3 Å². The van der Waals surface area contributed by atoms with Gasteiger partial charge in [0.2, 0.25) is 5.91 Å². The molecule has 18 heavy (non-hydrogen) atoms. The summed E-state index contributed by atoms with van der Waals surface area (Å²) in [7, 11) is 0. The fourth-order valence-corrected chi connectivity index (χ4v) is 2.27. The van der Waals surface area contributed by atoms with Crippen molar-refractivity contribution in [3.05, 3.63) is 35.9 Å². The third-order valence-electron chi connectivity index (χ3n) is 3.23. The summed E-state index contributed by atoms with van der Waals surface area (Å²) in [5.74, 6) is 0.940. The van der Waals surface area contributed by atoms with E-state index in [1.807, 2.05) is 29.8 Å². The molecule has 0 unspecified atom stereocenters. The van der Waals surface area contributed by atoms with E-state index in [1.165, 1.54) is 0 Å². The number of nitrogen functional groups attached to an aromatic ring is 1. The lowest BCUT2D eigenvalue weighted by Crippen LogP contribution is -2.19. The van der Waals surface area contributed by atoms with Gasteiger partial charge in [0.25, 0.3) is 0 Å². The maximum Gasteiger partial charge on any atom is 0.224 e. The van der Waals surface area contributed by atoms with E-state index in [1.54, 1.807) is 6.20 Å². The SMILES string of the molecule is Cc1nccn1-c1cc2c(cc1N)NC(=O)CC2. The quantitative estimate of drug-likeness (QED) is 0.747. The lowest BCUT2D eigenvalue weighted by atomic mass is 10.0. The van der Waals surface area contributed by atoms with Crippen LogP contribution in [0, 0.1) is 6.92 Å². The Morgan fingerprint density at radius 2 is 2.22 bits per heavy atom. The standard InChI is InChI=1S/C13H14N4O/c1-8-15-4-5-17(8)12-6-9-2-3-13(18)16-11(9)7-10(12)14/h4-7H,2-3,14H2,1H3,(H,16,18). The third-order valence-corrected chi connectivity index (χ3v) is 3.23. The number of nitrogens with one attached hydrogen (secondary N) is 1. The van der Waals surface area contributed by atoms with Gasteiger partial charge in [-0.15, -0.1) is 0 Å². The largest absolute Gasteiger partial charge is 0.397 e. The summed E-state index contributed by atoms with van der Waals surface area (Å²) in [6, 6.07) is 3.85. The first-order valence-electron chi connectivity index (χ1n) is 5.88. The molecular formula is C13H14N4O. The van der Waals surface area contributed by atoms with Gasteiger partial charge in [0.1, 0.15) is 5.82 Å². The molecule has 0 saturated heterocycles. The number of rotatable bonds is 1. The average molecular weight is 242 g/mol. The number of hydrogen-bond acceptors (Lipinski definition) is 3. The first kappa shape index (κ1) is 10.8. The number of aromatic nitrogens is 2. The minimum atomic E-state index is 0.0495. The van der Waals surface area contributed by atoms with Crippen LogP contribution in [0.2, 0.25) is 0 Å². The van der Waals surface area contributed by atoms with Gasteiger partial charge >= 0.3 is 0 Å². The topological polar surface area (TPSA) is 72.9 Å². The number of aryl methyl sites for hydroxylation is 2. The van der Waals surface area contributed by atoms with Crippen LogP contribution in [0.4, 0.5) is 11.4 Å². The zero-order valence-corrected chi connectivity index (χ0v) is 10.1. The molecule has 0 atom stereocenters. The molecule has 3 rings (SSSR count). The Morgan fingerprint density at radius 1 is 1.39 bits per heavy atom. The number of anilines is 2. The number of carbonyl (C=O) groups is 1. The van der Waals surface area contributed by atoms with E-state index in [4.69, 9.17) is 5.73 Å². The summed E-state index contributed by atoms with van der Waals surface area (Å²) in [6.07, 6.45) is 4.91. The van der Waals surface area contributed by atoms with Crippen molar-refractivity contribution in [3.63, 3.8) is 0 Å². The van der Waals surface area contributed by atoms with Gasteiger partial charge in [-0.25, -0.2) is 4.98 Å². The van der Waals surface area contributed by atoms with E-state index >= 15 is 0 Å². The number of benzene rings is 1. The van der Waals surface area contributed by atoms with E-state index in [-0.39, 0.29) is 5.91 Å². The molecule has 1 aliphatic heterocycles. The minimum absolute atomic E-state index is 0.0495. The van der Waals surface area contributed by atoms with Gasteiger partial charge < -0.3 is 15.6 Å². The zero-order chi connectivity index (χ0) is 12.7. The molecule has 0 spiro atoms. The van der Waals surface area contributed by atoms with Crippen molar-refractivity contribution in [1.29, 1.82) is 0 Å². The van der Waals surface area contributed by atoms with Crippen LogP contribution in [0.25, 0.3) is 5.69 Å². The van der Waals surface area contributed by atoms with Gasteiger partial charge in [0.05, 0.1) is 11.4 Å². The highest BCUT2D eigenvalue weighted by Crippen LogP contribution is 2.30. The van der Waals surface area contributed by atoms with E-state index in [2.05, 4.69) is 10.3 Å². The van der Waals surface area contributed by atoms with Crippen molar-refractivity contribution in [2.45, 2.75) is 19.8 Å². The molecule has 0 bridgehead atoms. The first-order chi connectivity index (χ1) is 8.65. The number of hydrogen-bond donors (Lipinski definition) is 2. The van der Waals surface area contributed by atoms with Crippen LogP contribution in [0.5, 0.6) is 0 Å². The van der Waals surface area contributed by atoms with Gasteiger partial charge in [0.15, 0.2) is 0 Å². The molecule has 5 nitrogen and oxygen atoms in total. The molecule has 3 N–H and O–H groups in total. The molecule has 5 heteroatoms. The number of nitrogens with two attached hydrogens (primary N) is 1. The highest BCUT2D eigenvalue weighted by molar-refractivity contribution is 5.95. The molecule has 0 saturated carbocycles. The van der Waals surface area contributed by atoms with Crippen molar-refractivity contribution in [2.75, 3.05) is 11.1 Å². The Labute approximate surface area is 105 Å². The monoisotopic (exact) mass is 242 g/mol. The Hall–Kier alpha value is -2.30. The summed E-state index contributed by atoms with van der Waals surface area (Å²) in [5, 5.41) is 2.84. The number of imidazole rings is 1. The molecule has 0 aliphatic carbocycles. The van der Waals surface area contributed by atoms with Crippen LogP contribution >= 0.6 is 0 Å². The fourth-order valence-electron chi connectivity index (χ4n) is 2.27. The van der Waals surface area contributed by atoms with Crippen molar-refractivity contribution in [3.8, 4) is 5.69 Å². The summed E-state index contributed by atoms with van der Waals surface area (Å²) in [5.41, 5.74) is 9.54. The fraction of sp³-hybridized carbons (Fsp3) is 0.231. The molecule has 0 radical (unpaired) electrons. The molecule has 2 heterocycles. The second-order valence-corrected chi connectivity index (χ2v) is 4.46. The van der Waals surface area contributed by atoms with E-state index < -0.39 is 0 Å². The van der Waals surface area contributed by atoms with Crippen LogP contribution in [-0.2, 0) is 11.2 Å². The highest BCUT2D eigenvalue weighted by atomic mass is 16.1. The van der Waals surface area contributed by atoms with Crippen LogP contribution in [-0.4, -0.2) is 15.5 Å². The normalized spacial score (nSPS) is 14.2. The molecule has 2 aromatic rings.